The number of likely N-dealkylation sites (tertiary alicyclic amines) is 1. The molecule has 1 aliphatic heterocycles. The molecule has 1 fully saturated rings. The number of carbonyl (C=O) groups excluding carboxylic acids is 1. The highest BCUT2D eigenvalue weighted by Crippen LogP contribution is 2.21. The first kappa shape index (κ1) is 16.7. The van der Waals surface area contributed by atoms with Crippen molar-refractivity contribution in [2.45, 2.75) is 31.8 Å². The fraction of sp³-hybridized carbons (Fsp3) is 0.350. The van der Waals surface area contributed by atoms with Gasteiger partial charge in [0, 0.05) is 19.3 Å². The van der Waals surface area contributed by atoms with E-state index in [0.717, 1.165) is 37.0 Å². The molecule has 1 N–H and O–H groups in total. The number of carbonyl (C=O) groups is 1. The lowest BCUT2D eigenvalue weighted by Gasteiger charge is -2.22. The largest absolute Gasteiger partial charge is 0.394 e. The summed E-state index contributed by atoms with van der Waals surface area (Å²) in [6, 6.07) is 12.0. The Kier molecular flexibility index (Phi) is 4.67. The van der Waals surface area contributed by atoms with Crippen LogP contribution in [-0.4, -0.2) is 49.6 Å². The van der Waals surface area contributed by atoms with Crippen molar-refractivity contribution in [2.75, 3.05) is 13.2 Å². The number of amides is 1. The average Bonchev–Trinajstić information content (AvgIpc) is 3.32. The van der Waals surface area contributed by atoms with Gasteiger partial charge in [-0.25, -0.2) is 9.97 Å². The van der Waals surface area contributed by atoms with Gasteiger partial charge in [-0.2, -0.15) is 0 Å². The van der Waals surface area contributed by atoms with Crippen molar-refractivity contribution in [3.05, 3.63) is 60.0 Å². The quantitative estimate of drug-likeness (QED) is 0.766. The van der Waals surface area contributed by atoms with Crippen LogP contribution in [0.15, 0.2) is 48.9 Å². The van der Waals surface area contributed by atoms with E-state index in [-0.39, 0.29) is 18.6 Å². The molecule has 1 aromatic carbocycles. The van der Waals surface area contributed by atoms with Crippen molar-refractivity contribution in [3.63, 3.8) is 0 Å². The Morgan fingerprint density at radius 3 is 2.88 bits per heavy atom. The van der Waals surface area contributed by atoms with Crippen molar-refractivity contribution in [1.82, 2.24) is 19.4 Å². The maximum atomic E-state index is 12.7. The Morgan fingerprint density at radius 2 is 2.08 bits per heavy atom. The Balaban J connectivity index is 1.52. The van der Waals surface area contributed by atoms with Crippen LogP contribution in [0.5, 0.6) is 0 Å². The molecule has 0 saturated carbocycles. The first-order valence-corrected chi connectivity index (χ1v) is 9.03. The van der Waals surface area contributed by atoms with Crippen LogP contribution in [0.2, 0.25) is 0 Å². The first-order valence-electron chi connectivity index (χ1n) is 9.03. The van der Waals surface area contributed by atoms with E-state index in [1.165, 1.54) is 5.56 Å². The fourth-order valence-electron chi connectivity index (χ4n) is 3.58. The molecule has 1 aliphatic rings. The molecule has 0 spiro atoms. The van der Waals surface area contributed by atoms with Gasteiger partial charge >= 0.3 is 0 Å². The third-order valence-electron chi connectivity index (χ3n) is 5.04. The van der Waals surface area contributed by atoms with Crippen molar-refractivity contribution in [3.8, 4) is 0 Å². The van der Waals surface area contributed by atoms with E-state index in [9.17, 15) is 9.90 Å². The molecule has 2 aromatic heterocycles. The number of aromatic nitrogens is 3. The number of aliphatic hydroxyl groups excluding tert-OH is 1. The SMILES string of the molecule is O=C(c1cnc2c(c1)ncn2CCc1ccccc1)N1CCC[C@H]1CO. The van der Waals surface area contributed by atoms with E-state index in [4.69, 9.17) is 0 Å². The van der Waals surface area contributed by atoms with Gasteiger partial charge in [0.1, 0.15) is 5.52 Å². The minimum Gasteiger partial charge on any atom is -0.394 e. The summed E-state index contributed by atoms with van der Waals surface area (Å²) in [7, 11) is 0. The van der Waals surface area contributed by atoms with Crippen molar-refractivity contribution >= 4 is 17.1 Å². The van der Waals surface area contributed by atoms with Crippen LogP contribution in [0, 0.1) is 0 Å². The average molecular weight is 350 g/mol. The molecule has 0 bridgehead atoms. The van der Waals surface area contributed by atoms with E-state index in [0.29, 0.717) is 12.1 Å². The van der Waals surface area contributed by atoms with Crippen molar-refractivity contribution < 1.29 is 9.90 Å². The number of hydrogen-bond donors (Lipinski definition) is 1. The number of rotatable bonds is 5. The molecule has 1 atom stereocenters. The fourth-order valence-corrected chi connectivity index (χ4v) is 3.58. The molecule has 6 heteroatoms. The highest BCUT2D eigenvalue weighted by molar-refractivity contribution is 5.96. The molecule has 3 heterocycles. The van der Waals surface area contributed by atoms with E-state index < -0.39 is 0 Å². The van der Waals surface area contributed by atoms with Crippen molar-refractivity contribution in [1.29, 1.82) is 0 Å². The lowest BCUT2D eigenvalue weighted by Crippen LogP contribution is -2.37. The number of fused-ring (bicyclic) bond motifs is 1. The summed E-state index contributed by atoms with van der Waals surface area (Å²) in [6.45, 7) is 1.49. The predicted octanol–water partition coefficient (Wildman–Crippen LogP) is 2.27. The van der Waals surface area contributed by atoms with Crippen LogP contribution in [0.3, 0.4) is 0 Å². The summed E-state index contributed by atoms with van der Waals surface area (Å²) in [6.07, 6.45) is 6.09. The minimum absolute atomic E-state index is 0.00945. The summed E-state index contributed by atoms with van der Waals surface area (Å²) in [5.41, 5.74) is 3.32. The standard InChI is InChI=1S/C20H22N4O2/c25-13-17-7-4-9-24(17)20(26)16-11-18-19(21-12-16)23(14-22-18)10-8-15-5-2-1-3-6-15/h1-3,5-6,11-12,14,17,25H,4,7-10,13H2/t17-/m0/s1. The van der Waals surface area contributed by atoms with Gasteiger partial charge in [0.25, 0.3) is 5.91 Å². The number of pyridine rings is 1. The Bertz CT molecular complexity index is 907. The van der Waals surface area contributed by atoms with Gasteiger partial charge in [0.05, 0.1) is 24.5 Å². The lowest BCUT2D eigenvalue weighted by molar-refractivity contribution is 0.0677. The van der Waals surface area contributed by atoms with Crippen LogP contribution < -0.4 is 0 Å². The third-order valence-corrected chi connectivity index (χ3v) is 5.04. The highest BCUT2D eigenvalue weighted by Gasteiger charge is 2.29. The number of benzene rings is 1. The number of hydrogen-bond acceptors (Lipinski definition) is 4. The summed E-state index contributed by atoms with van der Waals surface area (Å²) >= 11 is 0. The maximum absolute atomic E-state index is 12.7. The summed E-state index contributed by atoms with van der Waals surface area (Å²) < 4.78 is 2.02. The third kappa shape index (κ3) is 3.20. The molecular weight excluding hydrogens is 328 g/mol. The lowest BCUT2D eigenvalue weighted by atomic mass is 10.1. The number of aryl methyl sites for hydroxylation is 2. The van der Waals surface area contributed by atoms with E-state index in [2.05, 4.69) is 22.1 Å². The number of nitrogens with zero attached hydrogens (tertiary/aromatic N) is 4. The smallest absolute Gasteiger partial charge is 0.255 e. The predicted molar refractivity (Wildman–Crippen MR) is 98.8 cm³/mol. The zero-order valence-corrected chi connectivity index (χ0v) is 14.6. The topological polar surface area (TPSA) is 71.2 Å². The highest BCUT2D eigenvalue weighted by atomic mass is 16.3. The van der Waals surface area contributed by atoms with Gasteiger partial charge in [-0.1, -0.05) is 30.3 Å². The molecule has 6 nitrogen and oxygen atoms in total. The normalized spacial score (nSPS) is 17.1. The van der Waals surface area contributed by atoms with Crippen LogP contribution in [0.1, 0.15) is 28.8 Å². The molecule has 0 aliphatic carbocycles. The summed E-state index contributed by atoms with van der Waals surface area (Å²) in [5.74, 6) is -0.0743. The van der Waals surface area contributed by atoms with Gasteiger partial charge in [-0.15, -0.1) is 0 Å². The zero-order valence-electron chi connectivity index (χ0n) is 14.6. The second-order valence-corrected chi connectivity index (χ2v) is 6.72. The first-order chi connectivity index (χ1) is 12.8. The Hall–Kier alpha value is -2.73. The Labute approximate surface area is 152 Å². The van der Waals surface area contributed by atoms with Gasteiger partial charge in [0.2, 0.25) is 0 Å². The molecule has 0 radical (unpaired) electrons. The van der Waals surface area contributed by atoms with E-state index >= 15 is 0 Å². The molecule has 1 saturated heterocycles. The second kappa shape index (κ2) is 7.25. The summed E-state index contributed by atoms with van der Waals surface area (Å²) in [5, 5.41) is 9.44. The van der Waals surface area contributed by atoms with Gasteiger partial charge in [-0.05, 0) is 30.9 Å². The summed E-state index contributed by atoms with van der Waals surface area (Å²) in [4.78, 5) is 23.4. The van der Waals surface area contributed by atoms with Gasteiger partial charge in [0.15, 0.2) is 5.65 Å². The Morgan fingerprint density at radius 1 is 1.23 bits per heavy atom. The van der Waals surface area contributed by atoms with Crippen LogP contribution in [-0.2, 0) is 13.0 Å². The molecule has 26 heavy (non-hydrogen) atoms. The van der Waals surface area contributed by atoms with Crippen LogP contribution in [0.4, 0.5) is 0 Å². The monoisotopic (exact) mass is 350 g/mol. The zero-order chi connectivity index (χ0) is 17.9. The number of imidazole rings is 1. The molecule has 0 unspecified atom stereocenters. The minimum atomic E-state index is -0.0818. The molecule has 4 rings (SSSR count). The van der Waals surface area contributed by atoms with E-state index in [1.54, 1.807) is 23.5 Å². The van der Waals surface area contributed by atoms with Crippen molar-refractivity contribution in [2.24, 2.45) is 0 Å². The maximum Gasteiger partial charge on any atom is 0.255 e. The molecule has 134 valence electrons. The molecular formula is C20H22N4O2. The van der Waals surface area contributed by atoms with E-state index in [1.807, 2.05) is 22.8 Å². The molecule has 3 aromatic rings. The second-order valence-electron chi connectivity index (χ2n) is 6.72. The number of aliphatic hydroxyl groups is 1. The van der Waals surface area contributed by atoms with Gasteiger partial charge < -0.3 is 14.6 Å². The van der Waals surface area contributed by atoms with Crippen LogP contribution >= 0.6 is 0 Å². The van der Waals surface area contributed by atoms with Gasteiger partial charge in [-0.3, -0.25) is 4.79 Å². The molecule has 1 amide bonds. The van der Waals surface area contributed by atoms with Crippen LogP contribution in [0.25, 0.3) is 11.2 Å².